The molecule has 2 rings (SSSR count). The van der Waals surface area contributed by atoms with Crippen molar-refractivity contribution in [3.8, 4) is 0 Å². The van der Waals surface area contributed by atoms with Gasteiger partial charge in [0.15, 0.2) is 0 Å². The van der Waals surface area contributed by atoms with Gasteiger partial charge in [-0.05, 0) is 64.5 Å². The van der Waals surface area contributed by atoms with Gasteiger partial charge in [-0.3, -0.25) is 0 Å². The number of carbonyl (C=O) groups excluding carboxylic acids is 1. The lowest BCUT2D eigenvalue weighted by molar-refractivity contribution is 0.164. The van der Waals surface area contributed by atoms with Crippen molar-refractivity contribution in [2.24, 2.45) is 4.36 Å². The van der Waals surface area contributed by atoms with Gasteiger partial charge in [-0.25, -0.2) is 14.0 Å². The molecule has 10 heteroatoms. The summed E-state index contributed by atoms with van der Waals surface area (Å²) >= 11 is 0. The summed E-state index contributed by atoms with van der Waals surface area (Å²) in [5, 5.41) is 15.8. The number of hydrogen-bond donors (Lipinski definition) is 3. The summed E-state index contributed by atoms with van der Waals surface area (Å²) in [7, 11) is -2.92. The van der Waals surface area contributed by atoms with Crippen LogP contribution in [0.5, 0.6) is 0 Å². The Morgan fingerprint density at radius 3 is 2.56 bits per heavy atom. The maximum Gasteiger partial charge on any atom is 0.442 e. The van der Waals surface area contributed by atoms with Crippen molar-refractivity contribution in [2.75, 3.05) is 30.1 Å². The number of ether oxygens (including phenoxy) is 1. The molecule has 2 aromatic rings. The van der Waals surface area contributed by atoms with E-state index in [-0.39, 0.29) is 19.3 Å². The minimum Gasteiger partial charge on any atom is -0.448 e. The van der Waals surface area contributed by atoms with Crippen molar-refractivity contribution in [1.29, 1.82) is 0 Å². The molecule has 1 aromatic heterocycles. The fraction of sp³-hybridized carbons (Fsp3) is 0.375. The van der Waals surface area contributed by atoms with Gasteiger partial charge in [0.1, 0.15) is 5.82 Å². The molecule has 1 heterocycles. The maximum absolute atomic E-state index is 12.8. The molecule has 1 unspecified atom stereocenters. The summed E-state index contributed by atoms with van der Waals surface area (Å²) in [6.45, 7) is 9.61. The van der Waals surface area contributed by atoms with E-state index < -0.39 is 15.8 Å². The number of nitrogens with zero attached hydrogens (tertiary/aromatic N) is 3. The van der Waals surface area contributed by atoms with Crippen LogP contribution in [-0.2, 0) is 14.5 Å². The minimum atomic E-state index is -2.92. The second-order valence-electron chi connectivity index (χ2n) is 7.79. The molecule has 184 valence electrons. The first kappa shape index (κ1) is 27.0. The highest BCUT2D eigenvalue weighted by atomic mass is 32.2. The normalized spacial score (nSPS) is 14.7. The fourth-order valence-electron chi connectivity index (χ4n) is 2.89. The van der Waals surface area contributed by atoms with Crippen molar-refractivity contribution < 1.29 is 18.8 Å². The number of aliphatic hydroxyl groups is 1. The van der Waals surface area contributed by atoms with Gasteiger partial charge >= 0.3 is 6.09 Å². The Labute approximate surface area is 201 Å². The molecule has 1 amide bonds. The third kappa shape index (κ3) is 7.67. The van der Waals surface area contributed by atoms with E-state index in [0.717, 1.165) is 16.7 Å². The highest BCUT2D eigenvalue weighted by Gasteiger charge is 2.13. The van der Waals surface area contributed by atoms with E-state index in [9.17, 15) is 14.1 Å². The molecule has 0 aliphatic heterocycles. The molecule has 2 atom stereocenters. The molecule has 0 spiro atoms. The van der Waals surface area contributed by atoms with Crippen molar-refractivity contribution >= 4 is 38.8 Å². The average Bonchev–Trinajstić information content (AvgIpc) is 2.79. The third-order valence-corrected chi connectivity index (χ3v) is 6.48. The van der Waals surface area contributed by atoms with Gasteiger partial charge in [0, 0.05) is 34.6 Å². The zero-order valence-corrected chi connectivity index (χ0v) is 21.3. The molecule has 0 aliphatic rings. The Balaban J connectivity index is 2.33. The van der Waals surface area contributed by atoms with Crippen LogP contribution >= 0.6 is 0 Å². The summed E-state index contributed by atoms with van der Waals surface area (Å²) in [6, 6.07) is 6.47. The van der Waals surface area contributed by atoms with Gasteiger partial charge in [0.25, 0.3) is 0 Å². The summed E-state index contributed by atoms with van der Waals surface area (Å²) < 4.78 is 21.2. The number of nitrogens with one attached hydrogen (secondary N) is 2. The monoisotopic (exact) mass is 487 g/mol. The van der Waals surface area contributed by atoms with Gasteiger partial charge in [0.2, 0.25) is 5.95 Å². The van der Waals surface area contributed by atoms with Crippen molar-refractivity contribution in [1.82, 2.24) is 9.97 Å². The van der Waals surface area contributed by atoms with E-state index in [1.807, 2.05) is 39.8 Å². The predicted octanol–water partition coefficient (Wildman–Crippen LogP) is 5.00. The van der Waals surface area contributed by atoms with E-state index in [4.69, 9.17) is 4.74 Å². The van der Waals surface area contributed by atoms with Crippen LogP contribution in [0.15, 0.2) is 57.4 Å². The molecule has 0 bridgehead atoms. The molecule has 34 heavy (non-hydrogen) atoms. The first-order valence-electron chi connectivity index (χ1n) is 10.9. The summed E-state index contributed by atoms with van der Waals surface area (Å²) in [5.41, 5.74) is 3.60. The Hall–Kier alpha value is -3.24. The highest BCUT2D eigenvalue weighted by molar-refractivity contribution is 7.93. The van der Waals surface area contributed by atoms with Crippen LogP contribution in [0, 0.1) is 0 Å². The number of rotatable bonds is 9. The zero-order valence-electron chi connectivity index (χ0n) is 20.5. The molecule has 0 fully saturated rings. The van der Waals surface area contributed by atoms with Crippen molar-refractivity contribution in [3.05, 3.63) is 53.8 Å². The molecule has 0 saturated heterocycles. The molecular weight excluding hydrogens is 454 g/mol. The first-order valence-corrected chi connectivity index (χ1v) is 12.8. The lowest BCUT2D eigenvalue weighted by atomic mass is 10.1. The summed E-state index contributed by atoms with van der Waals surface area (Å²) in [6.07, 6.45) is 6.32. The zero-order chi connectivity index (χ0) is 25.3. The molecule has 0 saturated carbocycles. The Kier molecular flexibility index (Phi) is 9.76. The number of allylic oxidation sites excluding steroid dienone is 4. The molecule has 0 radical (unpaired) electrons. The summed E-state index contributed by atoms with van der Waals surface area (Å²) in [4.78, 5) is 21.0. The van der Waals surface area contributed by atoms with Crippen LogP contribution in [0.25, 0.3) is 5.57 Å². The second kappa shape index (κ2) is 12.3. The van der Waals surface area contributed by atoms with Crippen LogP contribution in [0.4, 0.5) is 22.2 Å². The number of carbonyl (C=O) groups is 1. The van der Waals surface area contributed by atoms with E-state index >= 15 is 0 Å². The number of hydrogen-bond acceptors (Lipinski definition) is 8. The molecule has 0 aliphatic carbocycles. The van der Waals surface area contributed by atoms with Crippen LogP contribution in [-0.4, -0.2) is 50.9 Å². The summed E-state index contributed by atoms with van der Waals surface area (Å²) in [5.74, 6) is 0.950. The van der Waals surface area contributed by atoms with Gasteiger partial charge in [-0.2, -0.15) is 4.98 Å². The van der Waals surface area contributed by atoms with E-state index in [2.05, 4.69) is 25.0 Å². The second-order valence-corrected chi connectivity index (χ2v) is 10.0. The minimum absolute atomic E-state index is 0.0442. The quantitative estimate of drug-likeness (QED) is 0.422. The fourth-order valence-corrected chi connectivity index (χ4v) is 3.97. The van der Waals surface area contributed by atoms with E-state index in [1.54, 1.807) is 37.4 Å². The van der Waals surface area contributed by atoms with Crippen LogP contribution in [0.3, 0.4) is 0 Å². The topological polar surface area (TPSA) is 126 Å². The Bertz CT molecular complexity index is 1180. The molecule has 3 N–H and O–H groups in total. The average molecular weight is 488 g/mol. The maximum atomic E-state index is 12.8. The third-order valence-electron chi connectivity index (χ3n) is 4.83. The van der Waals surface area contributed by atoms with Crippen LogP contribution in [0.2, 0.25) is 0 Å². The standard InChI is InChI=1S/C24H33N5O4S/c1-7-16(3)13-17(4)21-14-25-23(28-22(21)26-18(5)15-30)27-19-9-11-20(12-10-19)34(6,32)29-24(31)33-8-2/h7,9-14,18,30H,8,15H2,1-6H3,(H2,25,26,27,28)/b16-7-,17-13+/t18-,34?/m1/s1. The van der Waals surface area contributed by atoms with Crippen molar-refractivity contribution in [3.63, 3.8) is 0 Å². The number of anilines is 3. The Morgan fingerprint density at radius 2 is 1.97 bits per heavy atom. The lowest BCUT2D eigenvalue weighted by Gasteiger charge is -2.17. The number of amides is 1. The van der Waals surface area contributed by atoms with Crippen LogP contribution < -0.4 is 10.6 Å². The van der Waals surface area contributed by atoms with Gasteiger partial charge in [-0.15, -0.1) is 4.36 Å². The van der Waals surface area contributed by atoms with E-state index in [1.165, 1.54) is 6.26 Å². The first-order chi connectivity index (χ1) is 16.1. The van der Waals surface area contributed by atoms with Crippen molar-refractivity contribution in [2.45, 2.75) is 45.6 Å². The molecule has 1 aromatic carbocycles. The number of aromatic nitrogens is 2. The number of aliphatic hydroxyl groups excluding tert-OH is 1. The SMILES string of the molecule is C/C=C(C)\C=C(/C)c1cnc(Nc2ccc(S(C)(=O)=NC(=O)OCC)cc2)nc1N[C@H](C)CO. The highest BCUT2D eigenvalue weighted by Crippen LogP contribution is 2.26. The lowest BCUT2D eigenvalue weighted by Crippen LogP contribution is -2.21. The largest absolute Gasteiger partial charge is 0.448 e. The molecular formula is C24H33N5O4S. The van der Waals surface area contributed by atoms with Crippen LogP contribution in [0.1, 0.15) is 40.2 Å². The van der Waals surface area contributed by atoms with Gasteiger partial charge < -0.3 is 20.5 Å². The van der Waals surface area contributed by atoms with E-state index in [0.29, 0.717) is 22.3 Å². The smallest absolute Gasteiger partial charge is 0.442 e. The predicted molar refractivity (Wildman–Crippen MR) is 137 cm³/mol. The molecule has 9 nitrogen and oxygen atoms in total. The Morgan fingerprint density at radius 1 is 1.29 bits per heavy atom. The van der Waals surface area contributed by atoms with Gasteiger partial charge in [-0.1, -0.05) is 17.7 Å². The van der Waals surface area contributed by atoms with Gasteiger partial charge in [0.05, 0.1) is 22.9 Å². The number of benzene rings is 1.